The van der Waals surface area contributed by atoms with Crippen molar-refractivity contribution in [3.63, 3.8) is 0 Å². The van der Waals surface area contributed by atoms with E-state index in [9.17, 15) is 9.18 Å². The lowest BCUT2D eigenvalue weighted by atomic mass is 10.1. The van der Waals surface area contributed by atoms with Crippen molar-refractivity contribution in [2.45, 2.75) is 13.5 Å². The third-order valence-electron chi connectivity index (χ3n) is 2.80. The Kier molecular flexibility index (Phi) is 4.56. The van der Waals surface area contributed by atoms with E-state index >= 15 is 0 Å². The first-order valence-corrected chi connectivity index (χ1v) is 6.50. The Hall–Kier alpha value is -2.38. The predicted molar refractivity (Wildman–Crippen MR) is 76.9 cm³/mol. The van der Waals surface area contributed by atoms with E-state index in [2.05, 4.69) is 0 Å². The Bertz CT molecular complexity index is 738. The Morgan fingerprint density at radius 2 is 2.10 bits per heavy atom. The first-order valence-electron chi connectivity index (χ1n) is 6.12. The molecule has 2 aromatic carbocycles. The molecule has 0 heterocycles. The minimum absolute atomic E-state index is 0.0500. The van der Waals surface area contributed by atoms with E-state index in [1.54, 1.807) is 12.1 Å². The summed E-state index contributed by atoms with van der Waals surface area (Å²) < 4.78 is 18.9. The summed E-state index contributed by atoms with van der Waals surface area (Å²) in [6, 6.07) is 10.6. The second kappa shape index (κ2) is 6.38. The van der Waals surface area contributed by atoms with Gasteiger partial charge in [0.15, 0.2) is 5.78 Å². The highest BCUT2D eigenvalue weighted by atomic mass is 35.5. The van der Waals surface area contributed by atoms with Crippen molar-refractivity contribution < 1.29 is 13.9 Å². The maximum Gasteiger partial charge on any atom is 0.163 e. The standard InChI is InChI=1S/C16H11ClFNO2/c1-10(20)15-7-13(17)2-3-16(15)21-9-12-4-11(8-19)5-14(18)6-12/h2-7H,9H2,1H3. The molecule has 0 saturated carbocycles. The number of hydrogen-bond donors (Lipinski definition) is 0. The van der Waals surface area contributed by atoms with Gasteiger partial charge in [-0.1, -0.05) is 11.6 Å². The van der Waals surface area contributed by atoms with E-state index in [0.29, 0.717) is 21.9 Å². The van der Waals surface area contributed by atoms with Gasteiger partial charge in [0, 0.05) is 5.02 Å². The Morgan fingerprint density at radius 3 is 2.76 bits per heavy atom. The molecule has 106 valence electrons. The fraction of sp³-hybridized carbons (Fsp3) is 0.125. The molecular weight excluding hydrogens is 293 g/mol. The van der Waals surface area contributed by atoms with Crippen LogP contribution in [-0.2, 0) is 6.61 Å². The maximum atomic E-state index is 13.3. The number of Topliss-reactive ketones (excluding diaryl/α,β-unsaturated/α-hetero) is 1. The van der Waals surface area contributed by atoms with Crippen molar-refractivity contribution in [1.82, 2.24) is 0 Å². The topological polar surface area (TPSA) is 50.1 Å². The van der Waals surface area contributed by atoms with Gasteiger partial charge in [0.25, 0.3) is 0 Å². The summed E-state index contributed by atoms with van der Waals surface area (Å²) in [6.07, 6.45) is 0. The highest BCUT2D eigenvalue weighted by Gasteiger charge is 2.10. The number of ether oxygens (including phenoxy) is 1. The molecule has 0 radical (unpaired) electrons. The number of nitrogens with zero attached hydrogens (tertiary/aromatic N) is 1. The number of ketones is 1. The van der Waals surface area contributed by atoms with Crippen LogP contribution in [0.15, 0.2) is 36.4 Å². The number of halogens is 2. The molecule has 0 atom stereocenters. The average Bonchev–Trinajstić information content (AvgIpc) is 2.45. The zero-order chi connectivity index (χ0) is 15.4. The van der Waals surface area contributed by atoms with E-state index in [-0.39, 0.29) is 18.0 Å². The van der Waals surface area contributed by atoms with Crippen LogP contribution >= 0.6 is 11.6 Å². The highest BCUT2D eigenvalue weighted by molar-refractivity contribution is 6.31. The first kappa shape index (κ1) is 15.0. The summed E-state index contributed by atoms with van der Waals surface area (Å²) in [7, 11) is 0. The van der Waals surface area contributed by atoms with Crippen LogP contribution in [0.3, 0.4) is 0 Å². The van der Waals surface area contributed by atoms with Crippen LogP contribution in [0.2, 0.25) is 5.02 Å². The van der Waals surface area contributed by atoms with Crippen LogP contribution in [0.4, 0.5) is 4.39 Å². The third-order valence-corrected chi connectivity index (χ3v) is 3.04. The Morgan fingerprint density at radius 1 is 1.33 bits per heavy atom. The number of carbonyl (C=O) groups excluding carboxylic acids is 1. The SMILES string of the molecule is CC(=O)c1cc(Cl)ccc1OCc1cc(F)cc(C#N)c1. The molecule has 0 aliphatic rings. The molecule has 2 aromatic rings. The molecule has 0 unspecified atom stereocenters. The van der Waals surface area contributed by atoms with Crippen molar-refractivity contribution in [3.8, 4) is 11.8 Å². The summed E-state index contributed by atoms with van der Waals surface area (Å²) in [4.78, 5) is 11.5. The summed E-state index contributed by atoms with van der Waals surface area (Å²) in [5.74, 6) is -0.310. The van der Waals surface area contributed by atoms with Crippen molar-refractivity contribution >= 4 is 17.4 Å². The molecule has 0 N–H and O–H groups in total. The van der Waals surface area contributed by atoms with Gasteiger partial charge in [0.1, 0.15) is 18.2 Å². The van der Waals surface area contributed by atoms with Crippen molar-refractivity contribution in [1.29, 1.82) is 5.26 Å². The molecule has 0 aliphatic heterocycles. The molecule has 0 bridgehead atoms. The van der Waals surface area contributed by atoms with Crippen molar-refractivity contribution in [3.05, 3.63) is 63.9 Å². The number of carbonyl (C=O) groups is 1. The largest absolute Gasteiger partial charge is 0.488 e. The Balaban J connectivity index is 2.23. The molecule has 0 saturated heterocycles. The van der Waals surface area contributed by atoms with Crippen LogP contribution in [0, 0.1) is 17.1 Å². The first-order chi connectivity index (χ1) is 9.99. The number of rotatable bonds is 4. The lowest BCUT2D eigenvalue weighted by Crippen LogP contribution is -2.02. The van der Waals surface area contributed by atoms with E-state index in [1.807, 2.05) is 6.07 Å². The average molecular weight is 304 g/mol. The van der Waals surface area contributed by atoms with Gasteiger partial charge in [-0.3, -0.25) is 4.79 Å². The van der Waals surface area contributed by atoms with E-state index in [1.165, 1.54) is 25.1 Å². The molecular formula is C16H11ClFNO2. The van der Waals surface area contributed by atoms with E-state index in [4.69, 9.17) is 21.6 Å². The van der Waals surface area contributed by atoms with Gasteiger partial charge in [-0.25, -0.2) is 4.39 Å². The molecule has 3 nitrogen and oxygen atoms in total. The molecule has 0 amide bonds. The lowest BCUT2D eigenvalue weighted by Gasteiger charge is -2.10. The molecule has 0 fully saturated rings. The molecule has 0 aromatic heterocycles. The minimum atomic E-state index is -0.504. The molecule has 0 aliphatic carbocycles. The zero-order valence-electron chi connectivity index (χ0n) is 11.2. The fourth-order valence-electron chi connectivity index (χ4n) is 1.86. The van der Waals surface area contributed by atoms with Crippen LogP contribution in [0.1, 0.15) is 28.4 Å². The summed E-state index contributed by atoms with van der Waals surface area (Å²) in [6.45, 7) is 1.46. The van der Waals surface area contributed by atoms with Gasteiger partial charge >= 0.3 is 0 Å². The van der Waals surface area contributed by atoms with Gasteiger partial charge in [0.2, 0.25) is 0 Å². The van der Waals surface area contributed by atoms with Gasteiger partial charge in [0.05, 0.1) is 17.2 Å². The molecule has 5 heteroatoms. The van der Waals surface area contributed by atoms with Crippen LogP contribution in [-0.4, -0.2) is 5.78 Å². The normalized spacial score (nSPS) is 10.0. The summed E-state index contributed by atoms with van der Waals surface area (Å²) in [5, 5.41) is 9.24. The second-order valence-electron chi connectivity index (χ2n) is 4.45. The molecule has 21 heavy (non-hydrogen) atoms. The number of benzene rings is 2. The van der Waals surface area contributed by atoms with Crippen LogP contribution in [0.5, 0.6) is 5.75 Å². The zero-order valence-corrected chi connectivity index (χ0v) is 11.9. The van der Waals surface area contributed by atoms with Gasteiger partial charge < -0.3 is 4.74 Å². The smallest absolute Gasteiger partial charge is 0.163 e. The molecule has 0 spiro atoms. The predicted octanol–water partition coefficient (Wildman–Crippen LogP) is 4.13. The third kappa shape index (κ3) is 3.80. The molecule has 2 rings (SSSR count). The minimum Gasteiger partial charge on any atom is -0.488 e. The van der Waals surface area contributed by atoms with Gasteiger partial charge in [-0.15, -0.1) is 0 Å². The number of hydrogen-bond acceptors (Lipinski definition) is 3. The maximum absolute atomic E-state index is 13.3. The second-order valence-corrected chi connectivity index (χ2v) is 4.88. The fourth-order valence-corrected chi connectivity index (χ4v) is 2.03. The van der Waals surface area contributed by atoms with Gasteiger partial charge in [-0.2, -0.15) is 5.26 Å². The van der Waals surface area contributed by atoms with Crippen molar-refractivity contribution in [2.75, 3.05) is 0 Å². The monoisotopic (exact) mass is 303 g/mol. The van der Waals surface area contributed by atoms with E-state index < -0.39 is 5.82 Å². The Labute approximate surface area is 126 Å². The van der Waals surface area contributed by atoms with Gasteiger partial charge in [-0.05, 0) is 48.9 Å². The summed E-state index contributed by atoms with van der Waals surface area (Å²) in [5.41, 5.74) is 1.09. The highest BCUT2D eigenvalue weighted by Crippen LogP contribution is 2.24. The van der Waals surface area contributed by atoms with Crippen molar-refractivity contribution in [2.24, 2.45) is 0 Å². The summed E-state index contributed by atoms with van der Waals surface area (Å²) >= 11 is 5.85. The quantitative estimate of drug-likeness (QED) is 0.798. The number of nitriles is 1. The van der Waals surface area contributed by atoms with Crippen LogP contribution in [0.25, 0.3) is 0 Å². The van der Waals surface area contributed by atoms with E-state index in [0.717, 1.165) is 6.07 Å². The van der Waals surface area contributed by atoms with Crippen LogP contribution < -0.4 is 4.74 Å². The lowest BCUT2D eigenvalue weighted by molar-refractivity contribution is 0.101.